The van der Waals surface area contributed by atoms with Gasteiger partial charge in [-0.1, -0.05) is 35.3 Å². The number of anilines is 2. The lowest BCUT2D eigenvalue weighted by Crippen LogP contribution is -1.95. The van der Waals surface area contributed by atoms with Crippen LogP contribution in [0.3, 0.4) is 0 Å². The van der Waals surface area contributed by atoms with Crippen LogP contribution in [0.1, 0.15) is 0 Å². The molecule has 0 saturated heterocycles. The fourth-order valence-electron chi connectivity index (χ4n) is 2.66. The van der Waals surface area contributed by atoms with Gasteiger partial charge >= 0.3 is 0 Å². The van der Waals surface area contributed by atoms with Crippen molar-refractivity contribution in [2.75, 3.05) is 12.4 Å². The number of methoxy groups -OCH3 is 1. The van der Waals surface area contributed by atoms with Gasteiger partial charge in [0.2, 0.25) is 0 Å². The van der Waals surface area contributed by atoms with Crippen LogP contribution in [-0.2, 0) is 0 Å². The summed E-state index contributed by atoms with van der Waals surface area (Å²) < 4.78 is 5.24. The molecular formula is C19H13Cl2N3OS. The van der Waals surface area contributed by atoms with Crippen LogP contribution in [0.2, 0.25) is 10.0 Å². The average molecular weight is 402 g/mol. The lowest BCUT2D eigenvalue weighted by Gasteiger charge is -2.09. The van der Waals surface area contributed by atoms with Crippen LogP contribution < -0.4 is 10.1 Å². The molecule has 4 nitrogen and oxygen atoms in total. The zero-order valence-electron chi connectivity index (χ0n) is 13.7. The molecule has 0 aliphatic rings. The summed E-state index contributed by atoms with van der Waals surface area (Å²) in [6.07, 6.45) is 1.55. The highest BCUT2D eigenvalue weighted by atomic mass is 35.5. The number of hydrogen-bond acceptors (Lipinski definition) is 5. The van der Waals surface area contributed by atoms with Crippen LogP contribution in [0, 0.1) is 0 Å². The van der Waals surface area contributed by atoms with Crippen molar-refractivity contribution in [1.29, 1.82) is 0 Å². The number of rotatable bonds is 4. The molecule has 0 amide bonds. The summed E-state index contributed by atoms with van der Waals surface area (Å²) in [5.74, 6) is 1.54. The van der Waals surface area contributed by atoms with Gasteiger partial charge in [-0.25, -0.2) is 9.97 Å². The van der Waals surface area contributed by atoms with Gasteiger partial charge < -0.3 is 10.1 Å². The average Bonchev–Trinajstić information content (AvgIpc) is 3.10. The summed E-state index contributed by atoms with van der Waals surface area (Å²) in [4.78, 5) is 9.73. The monoisotopic (exact) mass is 401 g/mol. The maximum Gasteiger partial charge on any atom is 0.143 e. The highest BCUT2D eigenvalue weighted by molar-refractivity contribution is 7.17. The Hall–Kier alpha value is -2.34. The molecule has 0 saturated carbocycles. The Morgan fingerprint density at radius 3 is 2.54 bits per heavy atom. The van der Waals surface area contributed by atoms with Gasteiger partial charge in [0.1, 0.15) is 22.7 Å². The molecule has 0 spiro atoms. The molecule has 0 radical (unpaired) electrons. The largest absolute Gasteiger partial charge is 0.497 e. The first-order chi connectivity index (χ1) is 12.7. The van der Waals surface area contributed by atoms with E-state index in [-0.39, 0.29) is 0 Å². The first-order valence-corrected chi connectivity index (χ1v) is 9.38. The van der Waals surface area contributed by atoms with Crippen LogP contribution in [0.5, 0.6) is 5.75 Å². The van der Waals surface area contributed by atoms with E-state index in [9.17, 15) is 0 Å². The standard InChI is InChI=1S/C19H13Cl2N3OS/c1-25-13-5-2-11(3-6-13)14-9-26-19-17(14)18(22-10-23-19)24-12-4-7-15(20)16(21)8-12/h2-10H,1H3,(H,22,23,24). The molecule has 26 heavy (non-hydrogen) atoms. The SMILES string of the molecule is COc1ccc(-c2csc3ncnc(Nc4ccc(Cl)c(Cl)c4)c23)cc1. The highest BCUT2D eigenvalue weighted by Gasteiger charge is 2.14. The molecule has 4 rings (SSSR count). The topological polar surface area (TPSA) is 47.0 Å². The van der Waals surface area contributed by atoms with E-state index < -0.39 is 0 Å². The summed E-state index contributed by atoms with van der Waals surface area (Å²) in [7, 11) is 1.65. The predicted octanol–water partition coefficient (Wildman–Crippen LogP) is 6.42. The minimum absolute atomic E-state index is 0.489. The molecule has 0 aliphatic heterocycles. The van der Waals surface area contributed by atoms with Crippen molar-refractivity contribution in [3.8, 4) is 16.9 Å². The summed E-state index contributed by atoms with van der Waals surface area (Å²) in [6, 6.07) is 13.3. The number of nitrogens with zero attached hydrogens (tertiary/aromatic N) is 2. The predicted molar refractivity (Wildman–Crippen MR) is 109 cm³/mol. The zero-order chi connectivity index (χ0) is 18.1. The molecule has 0 atom stereocenters. The first kappa shape index (κ1) is 17.1. The fourth-order valence-corrected chi connectivity index (χ4v) is 3.88. The Bertz CT molecular complexity index is 1080. The minimum atomic E-state index is 0.489. The second-order valence-electron chi connectivity index (χ2n) is 5.53. The molecule has 2 aromatic heterocycles. The van der Waals surface area contributed by atoms with Crippen molar-refractivity contribution < 1.29 is 4.74 Å². The number of hydrogen-bond donors (Lipinski definition) is 1. The van der Waals surface area contributed by atoms with Crippen LogP contribution in [0.25, 0.3) is 21.3 Å². The van der Waals surface area contributed by atoms with Gasteiger partial charge in [-0.05, 0) is 35.9 Å². The summed E-state index contributed by atoms with van der Waals surface area (Å²) in [5.41, 5.74) is 2.95. The molecule has 2 heterocycles. The first-order valence-electron chi connectivity index (χ1n) is 7.74. The van der Waals surface area contributed by atoms with Gasteiger partial charge in [-0.15, -0.1) is 11.3 Å². The maximum absolute atomic E-state index is 6.12. The van der Waals surface area contributed by atoms with E-state index in [0.29, 0.717) is 10.0 Å². The van der Waals surface area contributed by atoms with Gasteiger partial charge in [-0.2, -0.15) is 0 Å². The van der Waals surface area contributed by atoms with Gasteiger partial charge in [0.25, 0.3) is 0 Å². The molecule has 4 aromatic rings. The van der Waals surface area contributed by atoms with Crippen molar-refractivity contribution in [2.45, 2.75) is 0 Å². The van der Waals surface area contributed by atoms with Gasteiger partial charge in [0, 0.05) is 16.6 Å². The number of nitrogens with one attached hydrogen (secondary N) is 1. The number of ether oxygens (including phenoxy) is 1. The third kappa shape index (κ3) is 3.21. The van der Waals surface area contributed by atoms with Gasteiger partial charge in [0.15, 0.2) is 0 Å². The highest BCUT2D eigenvalue weighted by Crippen LogP contribution is 2.38. The third-order valence-corrected chi connectivity index (χ3v) is 5.58. The Morgan fingerprint density at radius 1 is 1.00 bits per heavy atom. The van der Waals surface area contributed by atoms with E-state index in [1.165, 1.54) is 0 Å². The van der Waals surface area contributed by atoms with Crippen molar-refractivity contribution >= 4 is 56.3 Å². The fraction of sp³-hybridized carbons (Fsp3) is 0.0526. The van der Waals surface area contributed by atoms with E-state index in [1.807, 2.05) is 30.3 Å². The van der Waals surface area contributed by atoms with Crippen molar-refractivity contribution in [3.63, 3.8) is 0 Å². The molecular weight excluding hydrogens is 389 g/mol. The Labute approximate surface area is 164 Å². The number of halogens is 2. The van der Waals surface area contributed by atoms with Crippen LogP contribution in [0.15, 0.2) is 54.2 Å². The summed E-state index contributed by atoms with van der Waals surface area (Å²) in [6.45, 7) is 0. The molecule has 0 aliphatic carbocycles. The second-order valence-corrected chi connectivity index (χ2v) is 7.21. The molecule has 2 aromatic carbocycles. The Balaban J connectivity index is 1.79. The summed E-state index contributed by atoms with van der Waals surface area (Å²) in [5, 5.41) is 7.37. The van der Waals surface area contributed by atoms with Crippen LogP contribution >= 0.6 is 34.5 Å². The Kier molecular flexibility index (Phi) is 4.68. The van der Waals surface area contributed by atoms with E-state index in [2.05, 4.69) is 20.7 Å². The molecule has 0 fully saturated rings. The Morgan fingerprint density at radius 2 is 1.81 bits per heavy atom. The van der Waals surface area contributed by atoms with E-state index in [0.717, 1.165) is 38.6 Å². The maximum atomic E-state index is 6.12. The third-order valence-electron chi connectivity index (χ3n) is 3.95. The van der Waals surface area contributed by atoms with Crippen molar-refractivity contribution in [2.24, 2.45) is 0 Å². The van der Waals surface area contributed by atoms with E-state index in [4.69, 9.17) is 27.9 Å². The lowest BCUT2D eigenvalue weighted by molar-refractivity contribution is 0.415. The number of aromatic nitrogens is 2. The lowest BCUT2D eigenvalue weighted by atomic mass is 10.1. The smallest absolute Gasteiger partial charge is 0.143 e. The normalized spacial score (nSPS) is 10.9. The summed E-state index contributed by atoms with van der Waals surface area (Å²) >= 11 is 13.7. The van der Waals surface area contributed by atoms with Crippen molar-refractivity contribution in [1.82, 2.24) is 9.97 Å². The molecule has 130 valence electrons. The van der Waals surface area contributed by atoms with Crippen LogP contribution in [0.4, 0.5) is 11.5 Å². The van der Waals surface area contributed by atoms with Crippen molar-refractivity contribution in [3.05, 3.63) is 64.2 Å². The molecule has 7 heteroatoms. The number of thiophene rings is 1. The quantitative estimate of drug-likeness (QED) is 0.428. The van der Waals surface area contributed by atoms with Gasteiger partial charge in [0.05, 0.1) is 22.5 Å². The van der Waals surface area contributed by atoms with E-state index in [1.54, 1.807) is 36.9 Å². The number of fused-ring (bicyclic) bond motifs is 1. The van der Waals surface area contributed by atoms with Gasteiger partial charge in [-0.3, -0.25) is 0 Å². The molecule has 0 bridgehead atoms. The molecule has 1 N–H and O–H groups in total. The minimum Gasteiger partial charge on any atom is -0.497 e. The second kappa shape index (κ2) is 7.11. The zero-order valence-corrected chi connectivity index (χ0v) is 16.0. The van der Waals surface area contributed by atoms with Crippen LogP contribution in [-0.4, -0.2) is 17.1 Å². The van der Waals surface area contributed by atoms with E-state index >= 15 is 0 Å². The number of benzene rings is 2. The molecule has 0 unspecified atom stereocenters.